The Morgan fingerprint density at radius 1 is 1.12 bits per heavy atom. The van der Waals surface area contributed by atoms with E-state index in [1.807, 2.05) is 13.0 Å². The maximum Gasteiger partial charge on any atom is 0.337 e. The largest absolute Gasteiger partial charge is 0.496 e. The van der Waals surface area contributed by atoms with Gasteiger partial charge in [-0.2, -0.15) is 0 Å². The molecule has 0 bridgehead atoms. The number of methoxy groups -OCH3 is 2. The van der Waals surface area contributed by atoms with Gasteiger partial charge in [-0.05, 0) is 55.0 Å². The third kappa shape index (κ3) is 2.85. The number of halogens is 1. The van der Waals surface area contributed by atoms with Gasteiger partial charge in [0.15, 0.2) is 0 Å². The summed E-state index contributed by atoms with van der Waals surface area (Å²) in [4.78, 5) is 11.8. The monoisotopic (exact) mass is 328 g/mol. The van der Waals surface area contributed by atoms with Crippen molar-refractivity contribution in [1.29, 1.82) is 0 Å². The van der Waals surface area contributed by atoms with E-state index in [0.29, 0.717) is 28.2 Å². The molecule has 0 fully saturated rings. The summed E-state index contributed by atoms with van der Waals surface area (Å²) in [6.07, 6.45) is 1.69. The van der Waals surface area contributed by atoms with E-state index in [9.17, 15) is 9.18 Å². The minimum Gasteiger partial charge on any atom is -0.496 e. The van der Waals surface area contributed by atoms with Gasteiger partial charge >= 0.3 is 5.97 Å². The minimum atomic E-state index is -0.443. The summed E-state index contributed by atoms with van der Waals surface area (Å²) in [7, 11) is 2.86. The van der Waals surface area contributed by atoms with Crippen molar-refractivity contribution in [3.05, 3.63) is 65.0 Å². The summed E-state index contributed by atoms with van der Waals surface area (Å²) in [5.74, 6) is 0.364. The van der Waals surface area contributed by atoms with E-state index in [1.54, 1.807) is 24.3 Å². The van der Waals surface area contributed by atoms with Gasteiger partial charge in [-0.25, -0.2) is 9.18 Å². The lowest BCUT2D eigenvalue weighted by Gasteiger charge is -2.25. The summed E-state index contributed by atoms with van der Waals surface area (Å²) in [5, 5.41) is 0. The summed E-state index contributed by atoms with van der Waals surface area (Å²) in [5.41, 5.74) is 2.46. The number of hydrogen-bond acceptors (Lipinski definition) is 4. The van der Waals surface area contributed by atoms with Crippen LogP contribution >= 0.6 is 0 Å². The van der Waals surface area contributed by atoms with Crippen LogP contribution in [0.2, 0.25) is 0 Å². The minimum absolute atomic E-state index is 0.190. The molecule has 2 aromatic rings. The molecule has 24 heavy (non-hydrogen) atoms. The Labute approximate surface area is 139 Å². The van der Waals surface area contributed by atoms with E-state index in [2.05, 4.69) is 0 Å². The lowest BCUT2D eigenvalue weighted by molar-refractivity contribution is 0.0600. The zero-order valence-corrected chi connectivity index (χ0v) is 13.6. The highest BCUT2D eigenvalue weighted by Crippen LogP contribution is 2.40. The first-order valence-corrected chi connectivity index (χ1v) is 7.48. The molecule has 0 aromatic heterocycles. The Morgan fingerprint density at radius 3 is 2.62 bits per heavy atom. The molecule has 0 amide bonds. The number of benzene rings is 2. The fourth-order valence-electron chi connectivity index (χ4n) is 2.77. The van der Waals surface area contributed by atoms with Crippen molar-refractivity contribution < 1.29 is 23.4 Å². The van der Waals surface area contributed by atoms with E-state index >= 15 is 0 Å². The van der Waals surface area contributed by atoms with Crippen molar-refractivity contribution in [3.63, 3.8) is 0 Å². The molecule has 124 valence electrons. The van der Waals surface area contributed by atoms with Crippen LogP contribution in [-0.2, 0) is 4.74 Å². The van der Waals surface area contributed by atoms with Gasteiger partial charge < -0.3 is 14.2 Å². The second-order valence-electron chi connectivity index (χ2n) is 5.45. The highest BCUT2D eigenvalue weighted by atomic mass is 19.1. The van der Waals surface area contributed by atoms with Crippen LogP contribution in [0.4, 0.5) is 4.39 Å². The first kappa shape index (κ1) is 16.1. The van der Waals surface area contributed by atoms with Crippen molar-refractivity contribution in [2.75, 3.05) is 14.2 Å². The second-order valence-corrected chi connectivity index (χ2v) is 5.45. The van der Waals surface area contributed by atoms with Crippen LogP contribution in [-0.4, -0.2) is 26.3 Å². The van der Waals surface area contributed by atoms with Gasteiger partial charge in [0, 0.05) is 11.1 Å². The molecule has 1 aliphatic heterocycles. The highest BCUT2D eigenvalue weighted by Gasteiger charge is 2.23. The SMILES string of the molecule is COC(=O)c1ccc2c(c1)C(c1cc(F)ccc1OC)=CC(C)O2. The van der Waals surface area contributed by atoms with Crippen LogP contribution in [0.1, 0.15) is 28.4 Å². The van der Waals surface area contributed by atoms with Crippen molar-refractivity contribution >= 4 is 11.5 Å². The molecule has 3 rings (SSSR count). The summed E-state index contributed by atoms with van der Waals surface area (Å²) >= 11 is 0. The number of rotatable bonds is 3. The molecule has 0 N–H and O–H groups in total. The quantitative estimate of drug-likeness (QED) is 0.803. The zero-order chi connectivity index (χ0) is 17.3. The van der Waals surface area contributed by atoms with Gasteiger partial charge in [0.25, 0.3) is 0 Å². The second kappa shape index (κ2) is 6.35. The fourth-order valence-corrected chi connectivity index (χ4v) is 2.77. The molecule has 0 saturated carbocycles. The van der Waals surface area contributed by atoms with E-state index in [1.165, 1.54) is 26.4 Å². The molecule has 0 radical (unpaired) electrons. The maximum atomic E-state index is 13.8. The van der Waals surface area contributed by atoms with Crippen LogP contribution in [0.15, 0.2) is 42.5 Å². The number of fused-ring (bicyclic) bond motifs is 1. The number of carbonyl (C=O) groups is 1. The molecule has 1 aliphatic rings. The van der Waals surface area contributed by atoms with Crippen LogP contribution in [0.3, 0.4) is 0 Å². The fraction of sp³-hybridized carbons (Fsp3) is 0.211. The van der Waals surface area contributed by atoms with Crippen LogP contribution in [0.25, 0.3) is 5.57 Å². The summed E-state index contributed by atoms with van der Waals surface area (Å²) < 4.78 is 29.7. The Balaban J connectivity index is 2.19. The average molecular weight is 328 g/mol. The molecule has 2 aromatic carbocycles. The molecule has 1 heterocycles. The Hall–Kier alpha value is -2.82. The molecule has 0 spiro atoms. The molecule has 1 atom stereocenters. The van der Waals surface area contributed by atoms with Gasteiger partial charge in [0.2, 0.25) is 0 Å². The molecular formula is C19H17FO4. The van der Waals surface area contributed by atoms with Crippen molar-refractivity contribution in [2.24, 2.45) is 0 Å². The summed E-state index contributed by atoms with van der Waals surface area (Å²) in [6.45, 7) is 1.89. The zero-order valence-electron chi connectivity index (χ0n) is 13.6. The average Bonchev–Trinajstić information content (AvgIpc) is 2.59. The highest BCUT2D eigenvalue weighted by molar-refractivity contribution is 5.94. The maximum absolute atomic E-state index is 13.8. The number of hydrogen-bond donors (Lipinski definition) is 0. The van der Waals surface area contributed by atoms with Crippen LogP contribution in [0.5, 0.6) is 11.5 Å². The first-order chi connectivity index (χ1) is 11.5. The number of carbonyl (C=O) groups excluding carboxylic acids is 1. The Kier molecular flexibility index (Phi) is 4.25. The summed E-state index contributed by atoms with van der Waals surface area (Å²) in [6, 6.07) is 9.38. The predicted octanol–water partition coefficient (Wildman–Crippen LogP) is 3.83. The van der Waals surface area contributed by atoms with E-state index < -0.39 is 5.97 Å². The van der Waals surface area contributed by atoms with Gasteiger partial charge in [0.1, 0.15) is 23.4 Å². The van der Waals surface area contributed by atoms with Crippen LogP contribution in [0, 0.1) is 5.82 Å². The first-order valence-electron chi connectivity index (χ1n) is 7.48. The van der Waals surface area contributed by atoms with E-state index in [4.69, 9.17) is 14.2 Å². The molecule has 0 aliphatic carbocycles. The van der Waals surface area contributed by atoms with E-state index in [-0.39, 0.29) is 11.9 Å². The molecule has 5 heteroatoms. The van der Waals surface area contributed by atoms with Gasteiger partial charge in [-0.1, -0.05) is 0 Å². The van der Waals surface area contributed by atoms with Crippen molar-refractivity contribution in [3.8, 4) is 11.5 Å². The van der Waals surface area contributed by atoms with Crippen molar-refractivity contribution in [2.45, 2.75) is 13.0 Å². The van der Waals surface area contributed by atoms with Gasteiger partial charge in [0.05, 0.1) is 19.8 Å². The standard InChI is InChI=1S/C19H17FO4/c1-11-8-14(16-10-13(20)5-7-17(16)22-2)15-9-12(19(21)23-3)4-6-18(15)24-11/h4-11H,1-3H3. The lowest BCUT2D eigenvalue weighted by Crippen LogP contribution is -2.16. The molecule has 1 unspecified atom stereocenters. The normalized spacial score (nSPS) is 15.8. The van der Waals surface area contributed by atoms with E-state index in [0.717, 1.165) is 5.57 Å². The molecular weight excluding hydrogens is 311 g/mol. The topological polar surface area (TPSA) is 44.8 Å². The molecule has 0 saturated heterocycles. The Morgan fingerprint density at radius 2 is 1.92 bits per heavy atom. The predicted molar refractivity (Wildman–Crippen MR) is 87.9 cm³/mol. The number of ether oxygens (including phenoxy) is 3. The number of esters is 1. The van der Waals surface area contributed by atoms with Crippen molar-refractivity contribution in [1.82, 2.24) is 0 Å². The van der Waals surface area contributed by atoms with Crippen LogP contribution < -0.4 is 9.47 Å². The third-order valence-electron chi connectivity index (χ3n) is 3.86. The smallest absolute Gasteiger partial charge is 0.337 e. The molecule has 4 nitrogen and oxygen atoms in total. The lowest BCUT2D eigenvalue weighted by atomic mass is 9.92. The van der Waals surface area contributed by atoms with Gasteiger partial charge in [-0.15, -0.1) is 0 Å². The third-order valence-corrected chi connectivity index (χ3v) is 3.86. The van der Waals surface area contributed by atoms with Gasteiger partial charge in [-0.3, -0.25) is 0 Å². The Bertz CT molecular complexity index is 826.